The van der Waals surface area contributed by atoms with Crippen LogP contribution in [-0.4, -0.2) is 65.5 Å². The van der Waals surface area contributed by atoms with Crippen LogP contribution in [0.25, 0.3) is 0 Å². The fourth-order valence-corrected chi connectivity index (χ4v) is 1.94. The second-order valence-electron chi connectivity index (χ2n) is 5.65. The van der Waals surface area contributed by atoms with Crippen molar-refractivity contribution in [3.63, 3.8) is 0 Å². The number of aromatic nitrogens is 1. The van der Waals surface area contributed by atoms with Gasteiger partial charge in [-0.2, -0.15) is 0 Å². The standard InChI is InChI=1S/C15H23N3O3/c1-11(2)10-18(9-8-17(3)4)14(19)13-12(15(20)21)6-5-7-16-13/h5-7,11H,8-10H2,1-4H3,(H,20,21). The van der Waals surface area contributed by atoms with Crippen LogP contribution in [0, 0.1) is 5.92 Å². The van der Waals surface area contributed by atoms with Gasteiger partial charge in [0.2, 0.25) is 0 Å². The lowest BCUT2D eigenvalue weighted by molar-refractivity contribution is 0.0662. The van der Waals surface area contributed by atoms with E-state index in [1.54, 1.807) is 4.90 Å². The second-order valence-corrected chi connectivity index (χ2v) is 5.65. The van der Waals surface area contributed by atoms with Gasteiger partial charge < -0.3 is 14.9 Å². The van der Waals surface area contributed by atoms with Gasteiger partial charge in [-0.1, -0.05) is 13.8 Å². The van der Waals surface area contributed by atoms with Crippen LogP contribution in [0.5, 0.6) is 0 Å². The van der Waals surface area contributed by atoms with E-state index in [4.69, 9.17) is 0 Å². The topological polar surface area (TPSA) is 73.7 Å². The lowest BCUT2D eigenvalue weighted by Gasteiger charge is -2.26. The van der Waals surface area contributed by atoms with E-state index in [2.05, 4.69) is 4.98 Å². The molecular weight excluding hydrogens is 270 g/mol. The average Bonchev–Trinajstić information content (AvgIpc) is 2.42. The van der Waals surface area contributed by atoms with Crippen LogP contribution in [0.4, 0.5) is 0 Å². The Bertz CT molecular complexity index is 501. The fraction of sp³-hybridized carbons (Fsp3) is 0.533. The maximum absolute atomic E-state index is 12.6. The van der Waals surface area contributed by atoms with Crippen molar-refractivity contribution in [3.8, 4) is 0 Å². The van der Waals surface area contributed by atoms with E-state index in [9.17, 15) is 14.7 Å². The maximum atomic E-state index is 12.6. The molecule has 1 heterocycles. The molecule has 1 N–H and O–H groups in total. The van der Waals surface area contributed by atoms with Crippen LogP contribution in [0.1, 0.15) is 34.7 Å². The van der Waals surface area contributed by atoms with Gasteiger partial charge in [0.25, 0.3) is 5.91 Å². The maximum Gasteiger partial charge on any atom is 0.338 e. The summed E-state index contributed by atoms with van der Waals surface area (Å²) in [5.74, 6) is -1.17. The quantitative estimate of drug-likeness (QED) is 0.823. The van der Waals surface area contributed by atoms with E-state index in [0.29, 0.717) is 25.6 Å². The third-order valence-electron chi connectivity index (χ3n) is 2.93. The number of hydrogen-bond donors (Lipinski definition) is 1. The Labute approximate surface area is 125 Å². The summed E-state index contributed by atoms with van der Waals surface area (Å²) in [6, 6.07) is 2.93. The van der Waals surface area contributed by atoms with E-state index in [-0.39, 0.29) is 17.2 Å². The minimum atomic E-state index is -1.14. The molecule has 0 radical (unpaired) electrons. The highest BCUT2D eigenvalue weighted by molar-refractivity contribution is 6.03. The minimum absolute atomic E-state index is 0.00408. The SMILES string of the molecule is CC(C)CN(CCN(C)C)C(=O)c1ncccc1C(=O)O. The van der Waals surface area contributed by atoms with Crippen LogP contribution >= 0.6 is 0 Å². The average molecular weight is 293 g/mol. The zero-order chi connectivity index (χ0) is 16.0. The number of carbonyl (C=O) groups excluding carboxylic acids is 1. The Hall–Kier alpha value is -1.95. The zero-order valence-corrected chi connectivity index (χ0v) is 13.0. The Morgan fingerprint density at radius 2 is 1.95 bits per heavy atom. The summed E-state index contributed by atoms with van der Waals surface area (Å²) in [5.41, 5.74) is -0.0504. The van der Waals surface area contributed by atoms with Gasteiger partial charge in [-0.15, -0.1) is 0 Å². The summed E-state index contributed by atoms with van der Waals surface area (Å²) in [4.78, 5) is 31.4. The summed E-state index contributed by atoms with van der Waals surface area (Å²) < 4.78 is 0. The van der Waals surface area contributed by atoms with Crippen molar-refractivity contribution >= 4 is 11.9 Å². The van der Waals surface area contributed by atoms with Gasteiger partial charge in [-0.3, -0.25) is 9.78 Å². The van der Waals surface area contributed by atoms with Crippen LogP contribution in [-0.2, 0) is 0 Å². The van der Waals surface area contributed by atoms with Gasteiger partial charge in [0.1, 0.15) is 5.69 Å². The predicted octanol–water partition coefficient (Wildman–Crippen LogP) is 1.44. The first-order chi connectivity index (χ1) is 9.82. The summed E-state index contributed by atoms with van der Waals surface area (Å²) in [6.45, 7) is 5.87. The number of likely N-dealkylation sites (N-methyl/N-ethyl adjacent to an activating group) is 1. The highest BCUT2D eigenvalue weighted by Crippen LogP contribution is 2.11. The number of hydrogen-bond acceptors (Lipinski definition) is 4. The molecule has 0 spiro atoms. The summed E-state index contributed by atoms with van der Waals surface area (Å²) in [5, 5.41) is 9.18. The number of pyridine rings is 1. The molecule has 116 valence electrons. The Kier molecular flexibility index (Phi) is 6.30. The highest BCUT2D eigenvalue weighted by atomic mass is 16.4. The van der Waals surface area contributed by atoms with Crippen LogP contribution in [0.15, 0.2) is 18.3 Å². The van der Waals surface area contributed by atoms with E-state index in [1.807, 2.05) is 32.8 Å². The van der Waals surface area contributed by atoms with Crippen molar-refractivity contribution in [1.29, 1.82) is 0 Å². The van der Waals surface area contributed by atoms with Crippen molar-refractivity contribution < 1.29 is 14.7 Å². The molecule has 0 bridgehead atoms. The first-order valence-corrected chi connectivity index (χ1v) is 6.95. The number of aromatic carboxylic acids is 1. The normalized spacial score (nSPS) is 11.0. The Balaban J connectivity index is 3.01. The van der Waals surface area contributed by atoms with E-state index in [0.717, 1.165) is 0 Å². The molecule has 0 aliphatic rings. The van der Waals surface area contributed by atoms with E-state index >= 15 is 0 Å². The predicted molar refractivity (Wildman–Crippen MR) is 80.5 cm³/mol. The molecule has 6 nitrogen and oxygen atoms in total. The van der Waals surface area contributed by atoms with Crippen molar-refractivity contribution in [3.05, 3.63) is 29.6 Å². The van der Waals surface area contributed by atoms with Gasteiger partial charge in [0, 0.05) is 25.8 Å². The number of amides is 1. The van der Waals surface area contributed by atoms with Gasteiger partial charge in [-0.05, 0) is 32.1 Å². The molecule has 1 amide bonds. The van der Waals surface area contributed by atoms with E-state index < -0.39 is 5.97 Å². The van der Waals surface area contributed by atoms with Crippen molar-refractivity contribution in [1.82, 2.24) is 14.8 Å². The molecule has 1 rings (SSSR count). The molecule has 0 unspecified atom stereocenters. The van der Waals surface area contributed by atoms with Crippen LogP contribution in [0.2, 0.25) is 0 Å². The lowest BCUT2D eigenvalue weighted by atomic mass is 10.1. The molecule has 0 aliphatic carbocycles. The van der Waals surface area contributed by atoms with Gasteiger partial charge in [-0.25, -0.2) is 4.79 Å². The summed E-state index contributed by atoms with van der Waals surface area (Å²) in [7, 11) is 3.86. The largest absolute Gasteiger partial charge is 0.478 e. The van der Waals surface area contributed by atoms with Gasteiger partial charge in [0.15, 0.2) is 0 Å². The molecule has 21 heavy (non-hydrogen) atoms. The van der Waals surface area contributed by atoms with Gasteiger partial charge in [0.05, 0.1) is 5.56 Å². The molecule has 1 aromatic rings. The van der Waals surface area contributed by atoms with Crippen molar-refractivity contribution in [2.24, 2.45) is 5.92 Å². The second kappa shape index (κ2) is 7.73. The van der Waals surface area contributed by atoms with Crippen molar-refractivity contribution in [2.45, 2.75) is 13.8 Å². The summed E-state index contributed by atoms with van der Waals surface area (Å²) >= 11 is 0. The van der Waals surface area contributed by atoms with E-state index in [1.165, 1.54) is 18.3 Å². The molecule has 1 aromatic heterocycles. The van der Waals surface area contributed by atoms with Crippen LogP contribution in [0.3, 0.4) is 0 Å². The zero-order valence-electron chi connectivity index (χ0n) is 13.0. The minimum Gasteiger partial charge on any atom is -0.478 e. The number of carboxylic acid groups (broad SMARTS) is 1. The summed E-state index contributed by atoms with van der Waals surface area (Å²) in [6.07, 6.45) is 1.44. The molecule has 0 saturated carbocycles. The van der Waals surface area contributed by atoms with Crippen LogP contribution < -0.4 is 0 Å². The molecule has 0 aliphatic heterocycles. The monoisotopic (exact) mass is 293 g/mol. The van der Waals surface area contributed by atoms with Crippen molar-refractivity contribution in [2.75, 3.05) is 33.7 Å². The molecular formula is C15H23N3O3. The number of rotatable bonds is 7. The number of nitrogens with zero attached hydrogens (tertiary/aromatic N) is 3. The molecule has 0 saturated heterocycles. The highest BCUT2D eigenvalue weighted by Gasteiger charge is 2.23. The first kappa shape index (κ1) is 17.1. The molecule has 0 fully saturated rings. The smallest absolute Gasteiger partial charge is 0.338 e. The Morgan fingerprint density at radius 1 is 1.29 bits per heavy atom. The van der Waals surface area contributed by atoms with Gasteiger partial charge >= 0.3 is 5.97 Å². The number of carboxylic acids is 1. The third kappa shape index (κ3) is 5.15. The molecule has 0 atom stereocenters. The number of carbonyl (C=O) groups is 2. The fourth-order valence-electron chi connectivity index (χ4n) is 1.94. The third-order valence-corrected chi connectivity index (χ3v) is 2.93. The first-order valence-electron chi connectivity index (χ1n) is 6.95. The molecule has 6 heteroatoms. The lowest BCUT2D eigenvalue weighted by Crippen LogP contribution is -2.40. The molecule has 0 aromatic carbocycles. The Morgan fingerprint density at radius 3 is 2.48 bits per heavy atom.